The molecule has 0 unspecified atom stereocenters. The van der Waals surface area contributed by atoms with Crippen molar-refractivity contribution < 1.29 is 34.2 Å². The summed E-state index contributed by atoms with van der Waals surface area (Å²) in [5.74, 6) is -5.83. The molecule has 130 valence electrons. The number of carboxylic acid groups (broad SMARTS) is 2. The molecule has 8 N–H and O–H groups in total. The van der Waals surface area contributed by atoms with E-state index in [-0.39, 0.29) is 5.75 Å². The summed E-state index contributed by atoms with van der Waals surface area (Å²) < 4.78 is 0. The second-order valence-electron chi connectivity index (χ2n) is 4.52. The minimum atomic E-state index is -1.48. The average Bonchev–Trinajstić information content (AvgIpc) is 2.41. The molecule has 0 aliphatic rings. The van der Waals surface area contributed by atoms with E-state index in [0.717, 1.165) is 0 Å². The molecule has 23 heavy (non-hydrogen) atoms. The topological polar surface area (TPSA) is 202 Å². The predicted molar refractivity (Wildman–Crippen MR) is 79.4 cm³/mol. The number of hydrogen-bond acceptors (Lipinski definition) is 7. The maximum Gasteiger partial charge on any atom is 0.327 e. The highest BCUT2D eigenvalue weighted by molar-refractivity contribution is 7.80. The maximum atomic E-state index is 11.9. The lowest BCUT2D eigenvalue weighted by molar-refractivity contribution is -0.142. The first-order valence-electron chi connectivity index (χ1n) is 6.28. The number of carbonyl (C=O) groups is 5. The molecule has 0 aliphatic carbocycles. The largest absolute Gasteiger partial charge is 0.481 e. The van der Waals surface area contributed by atoms with Crippen molar-refractivity contribution in [2.75, 3.05) is 5.75 Å². The van der Waals surface area contributed by atoms with Crippen LogP contribution in [0.2, 0.25) is 0 Å². The molecule has 0 spiro atoms. The van der Waals surface area contributed by atoms with Gasteiger partial charge in [0.15, 0.2) is 0 Å². The van der Waals surface area contributed by atoms with Crippen molar-refractivity contribution >= 4 is 42.3 Å². The molecule has 0 bridgehead atoms. The number of amides is 3. The molecule has 12 heteroatoms. The fraction of sp³-hybridized carbons (Fsp3) is 0.545. The Labute approximate surface area is 136 Å². The van der Waals surface area contributed by atoms with Gasteiger partial charge in [0.2, 0.25) is 17.7 Å². The molecule has 0 fully saturated rings. The molecule has 0 heterocycles. The Balaban J connectivity index is 4.96. The minimum absolute atomic E-state index is 0.225. The van der Waals surface area contributed by atoms with Gasteiger partial charge >= 0.3 is 11.9 Å². The first kappa shape index (κ1) is 20.7. The van der Waals surface area contributed by atoms with Crippen molar-refractivity contribution in [1.29, 1.82) is 0 Å². The van der Waals surface area contributed by atoms with Crippen LogP contribution in [0.25, 0.3) is 0 Å². The van der Waals surface area contributed by atoms with Gasteiger partial charge in [0.1, 0.15) is 12.1 Å². The summed E-state index contributed by atoms with van der Waals surface area (Å²) in [6, 6.07) is -4.27. The number of nitrogens with two attached hydrogens (primary N) is 2. The molecule has 0 aromatic rings. The van der Waals surface area contributed by atoms with Crippen LogP contribution in [0.15, 0.2) is 0 Å². The van der Waals surface area contributed by atoms with E-state index in [0.29, 0.717) is 0 Å². The second-order valence-corrected chi connectivity index (χ2v) is 4.88. The third-order valence-electron chi connectivity index (χ3n) is 2.57. The molecule has 0 aromatic carbocycles. The van der Waals surface area contributed by atoms with Crippen molar-refractivity contribution in [2.24, 2.45) is 11.5 Å². The Morgan fingerprint density at radius 3 is 1.87 bits per heavy atom. The summed E-state index contributed by atoms with van der Waals surface area (Å²) in [7, 11) is 0. The van der Waals surface area contributed by atoms with E-state index in [1.165, 1.54) is 0 Å². The van der Waals surface area contributed by atoms with E-state index in [4.69, 9.17) is 21.7 Å². The monoisotopic (exact) mass is 350 g/mol. The van der Waals surface area contributed by atoms with Crippen LogP contribution >= 0.6 is 12.6 Å². The Bertz CT molecular complexity index is 499. The molecule has 0 aromatic heterocycles. The molecule has 0 rings (SSSR count). The van der Waals surface area contributed by atoms with E-state index in [1.54, 1.807) is 0 Å². The van der Waals surface area contributed by atoms with Gasteiger partial charge in [-0.2, -0.15) is 12.6 Å². The highest BCUT2D eigenvalue weighted by atomic mass is 32.1. The SMILES string of the molecule is NC(=O)C[C@H](NC(=O)[C@@H](N)CC(=O)O)C(=O)N[C@@H](CS)C(=O)O. The number of nitrogens with one attached hydrogen (secondary N) is 2. The van der Waals surface area contributed by atoms with Crippen LogP contribution in [0.5, 0.6) is 0 Å². The van der Waals surface area contributed by atoms with Crippen LogP contribution in [0.1, 0.15) is 12.8 Å². The molecule has 0 saturated carbocycles. The van der Waals surface area contributed by atoms with E-state index in [2.05, 4.69) is 23.3 Å². The van der Waals surface area contributed by atoms with Crippen LogP contribution in [0, 0.1) is 0 Å². The van der Waals surface area contributed by atoms with Gasteiger partial charge in [-0.1, -0.05) is 0 Å². The summed E-state index contributed by atoms with van der Waals surface area (Å²) in [6.07, 6.45) is -1.30. The number of carbonyl (C=O) groups excluding carboxylic acids is 3. The molecule has 0 radical (unpaired) electrons. The van der Waals surface area contributed by atoms with Crippen molar-refractivity contribution in [1.82, 2.24) is 10.6 Å². The smallest absolute Gasteiger partial charge is 0.327 e. The van der Waals surface area contributed by atoms with Crippen LogP contribution in [-0.2, 0) is 24.0 Å². The predicted octanol–water partition coefficient (Wildman–Crippen LogP) is -3.35. The Morgan fingerprint density at radius 1 is 0.957 bits per heavy atom. The zero-order valence-electron chi connectivity index (χ0n) is 11.9. The number of rotatable bonds is 10. The molecule has 0 saturated heterocycles. The fourth-order valence-electron chi connectivity index (χ4n) is 1.43. The number of aliphatic carboxylic acids is 2. The highest BCUT2D eigenvalue weighted by Crippen LogP contribution is 1.98. The lowest BCUT2D eigenvalue weighted by Crippen LogP contribution is -2.56. The fourth-order valence-corrected chi connectivity index (χ4v) is 1.68. The lowest BCUT2D eigenvalue weighted by atomic mass is 10.1. The zero-order valence-corrected chi connectivity index (χ0v) is 12.8. The average molecular weight is 350 g/mol. The van der Waals surface area contributed by atoms with Gasteiger partial charge < -0.3 is 32.3 Å². The maximum absolute atomic E-state index is 11.9. The van der Waals surface area contributed by atoms with E-state index < -0.39 is 60.6 Å². The first-order chi connectivity index (χ1) is 10.6. The Kier molecular flexibility index (Phi) is 8.65. The van der Waals surface area contributed by atoms with Gasteiger partial charge in [-0.3, -0.25) is 19.2 Å². The molecule has 3 amide bonds. The standard InChI is InChI=1S/C11H18N4O7S/c12-4(1-8(17)18)9(19)14-5(2-7(13)16)10(20)15-6(3-23)11(21)22/h4-6,23H,1-3,12H2,(H2,13,16)(H,14,19)(H,15,20)(H,17,18)(H,21,22)/t4-,5-,6-/m0/s1. The van der Waals surface area contributed by atoms with Gasteiger partial charge in [-0.25, -0.2) is 4.79 Å². The zero-order chi connectivity index (χ0) is 18.2. The van der Waals surface area contributed by atoms with E-state index in [9.17, 15) is 24.0 Å². The number of hydrogen-bond donors (Lipinski definition) is 7. The van der Waals surface area contributed by atoms with Crippen molar-refractivity contribution in [3.63, 3.8) is 0 Å². The summed E-state index contributed by atoms with van der Waals surface area (Å²) in [5.41, 5.74) is 10.3. The molecule has 0 aliphatic heterocycles. The third kappa shape index (κ3) is 8.01. The summed E-state index contributed by atoms with van der Waals surface area (Å²) in [6.45, 7) is 0. The van der Waals surface area contributed by atoms with E-state index >= 15 is 0 Å². The normalized spacial score (nSPS) is 14.2. The number of primary amides is 1. The quantitative estimate of drug-likeness (QED) is 0.198. The number of thiol groups is 1. The van der Waals surface area contributed by atoms with Crippen LogP contribution in [-0.4, -0.2) is 63.8 Å². The lowest BCUT2D eigenvalue weighted by Gasteiger charge is -2.21. The van der Waals surface area contributed by atoms with Crippen LogP contribution < -0.4 is 22.1 Å². The summed E-state index contributed by atoms with van der Waals surface area (Å²) in [4.78, 5) is 55.9. The molecule has 11 nitrogen and oxygen atoms in total. The summed E-state index contributed by atoms with van der Waals surface area (Å²) >= 11 is 3.75. The molecule has 3 atom stereocenters. The minimum Gasteiger partial charge on any atom is -0.481 e. The molecular formula is C11H18N4O7S. The Hall–Kier alpha value is -2.34. The summed E-state index contributed by atoms with van der Waals surface area (Å²) in [5, 5.41) is 21.5. The van der Waals surface area contributed by atoms with Crippen molar-refractivity contribution in [3.05, 3.63) is 0 Å². The number of carboxylic acids is 2. The van der Waals surface area contributed by atoms with Gasteiger partial charge in [0.05, 0.1) is 18.9 Å². The second kappa shape index (κ2) is 9.63. The van der Waals surface area contributed by atoms with E-state index in [1.807, 2.05) is 0 Å². The van der Waals surface area contributed by atoms with Crippen molar-refractivity contribution in [3.8, 4) is 0 Å². The van der Waals surface area contributed by atoms with Crippen molar-refractivity contribution in [2.45, 2.75) is 31.0 Å². The Morgan fingerprint density at radius 2 is 1.48 bits per heavy atom. The van der Waals surface area contributed by atoms with Gasteiger partial charge in [0, 0.05) is 5.75 Å². The van der Waals surface area contributed by atoms with Gasteiger partial charge in [-0.05, 0) is 0 Å². The van der Waals surface area contributed by atoms with Gasteiger partial charge in [0.25, 0.3) is 0 Å². The highest BCUT2D eigenvalue weighted by Gasteiger charge is 2.29. The van der Waals surface area contributed by atoms with Crippen LogP contribution in [0.3, 0.4) is 0 Å². The van der Waals surface area contributed by atoms with Gasteiger partial charge in [-0.15, -0.1) is 0 Å². The third-order valence-corrected chi connectivity index (χ3v) is 2.93. The molecular weight excluding hydrogens is 332 g/mol. The first-order valence-corrected chi connectivity index (χ1v) is 6.91. The van der Waals surface area contributed by atoms with Crippen LogP contribution in [0.4, 0.5) is 0 Å².